The monoisotopic (exact) mass is 285 g/mol. The number of rotatable bonds is 4. The van der Waals surface area contributed by atoms with Gasteiger partial charge >= 0.3 is 0 Å². The number of hydrogen-bond acceptors (Lipinski definition) is 3. The van der Waals surface area contributed by atoms with Gasteiger partial charge in [-0.15, -0.1) is 0 Å². The zero-order valence-electron chi connectivity index (χ0n) is 12.6. The summed E-state index contributed by atoms with van der Waals surface area (Å²) in [5, 5.41) is 9.36. The first-order valence-corrected chi connectivity index (χ1v) is 7.69. The van der Waals surface area contributed by atoms with Crippen LogP contribution < -0.4 is 0 Å². The molecule has 3 heterocycles. The predicted molar refractivity (Wildman–Crippen MR) is 83.4 cm³/mol. The van der Waals surface area contributed by atoms with Crippen molar-refractivity contribution in [2.75, 3.05) is 19.7 Å². The van der Waals surface area contributed by atoms with Gasteiger partial charge in [0.25, 0.3) is 0 Å². The highest BCUT2D eigenvalue weighted by Crippen LogP contribution is 2.20. The summed E-state index contributed by atoms with van der Waals surface area (Å²) in [4.78, 5) is 6.95. The second kappa shape index (κ2) is 6.41. The zero-order valence-corrected chi connectivity index (χ0v) is 12.6. The van der Waals surface area contributed by atoms with Crippen molar-refractivity contribution >= 4 is 0 Å². The Balaban J connectivity index is 1.78. The molecule has 21 heavy (non-hydrogen) atoms. The van der Waals surface area contributed by atoms with E-state index in [0.717, 1.165) is 31.9 Å². The lowest BCUT2D eigenvalue weighted by atomic mass is 9.99. The van der Waals surface area contributed by atoms with E-state index in [1.165, 1.54) is 17.7 Å². The van der Waals surface area contributed by atoms with Crippen molar-refractivity contribution in [3.8, 4) is 5.82 Å². The van der Waals surface area contributed by atoms with Crippen LogP contribution in [0.5, 0.6) is 0 Å². The molecule has 0 amide bonds. The minimum absolute atomic E-state index is 0.302. The van der Waals surface area contributed by atoms with Gasteiger partial charge in [-0.3, -0.25) is 4.90 Å². The third kappa shape index (κ3) is 3.17. The van der Waals surface area contributed by atoms with Crippen molar-refractivity contribution in [2.24, 2.45) is 5.92 Å². The fourth-order valence-electron chi connectivity index (χ4n) is 3.15. The Labute approximate surface area is 126 Å². The molecule has 112 valence electrons. The van der Waals surface area contributed by atoms with Gasteiger partial charge in [0.1, 0.15) is 5.82 Å². The number of likely N-dealkylation sites (tertiary alicyclic amines) is 1. The molecule has 1 aliphatic rings. The molecule has 1 N–H and O–H groups in total. The highest BCUT2D eigenvalue weighted by atomic mass is 16.3. The van der Waals surface area contributed by atoms with E-state index in [0.29, 0.717) is 12.5 Å². The van der Waals surface area contributed by atoms with Crippen molar-refractivity contribution < 1.29 is 5.11 Å². The Bertz CT molecular complexity index is 593. The summed E-state index contributed by atoms with van der Waals surface area (Å²) in [5.41, 5.74) is 2.44. The Kier molecular flexibility index (Phi) is 4.36. The maximum absolute atomic E-state index is 9.36. The minimum atomic E-state index is 0.302. The van der Waals surface area contributed by atoms with Gasteiger partial charge in [0.15, 0.2) is 0 Å². The maximum Gasteiger partial charge on any atom is 0.139 e. The molecule has 0 aromatic carbocycles. The topological polar surface area (TPSA) is 41.3 Å². The summed E-state index contributed by atoms with van der Waals surface area (Å²) < 4.78 is 2.18. The van der Waals surface area contributed by atoms with E-state index in [2.05, 4.69) is 45.8 Å². The predicted octanol–water partition coefficient (Wildman–Crippen LogP) is 2.39. The number of aryl methyl sites for hydroxylation is 1. The average Bonchev–Trinajstić information content (AvgIpc) is 2.96. The molecule has 1 atom stereocenters. The van der Waals surface area contributed by atoms with Gasteiger partial charge in [0, 0.05) is 37.8 Å². The first kappa shape index (κ1) is 14.3. The quantitative estimate of drug-likeness (QED) is 0.938. The standard InChI is InChI=1S/C17H23N3O/c1-14-5-2-8-18-17(14)20-10-4-7-16(20)12-19-9-3-6-15(11-19)13-21/h2,4-5,7-8,10,15,21H,3,6,9,11-13H2,1H3/t15-/m1/s1. The molecule has 1 aliphatic heterocycles. The molecule has 0 unspecified atom stereocenters. The molecular formula is C17H23N3O. The number of aromatic nitrogens is 2. The minimum Gasteiger partial charge on any atom is -0.396 e. The molecule has 0 spiro atoms. The molecular weight excluding hydrogens is 262 g/mol. The largest absolute Gasteiger partial charge is 0.396 e. The van der Waals surface area contributed by atoms with E-state index in [9.17, 15) is 5.11 Å². The van der Waals surface area contributed by atoms with Gasteiger partial charge in [-0.25, -0.2) is 4.98 Å². The Morgan fingerprint density at radius 2 is 2.24 bits per heavy atom. The molecule has 1 fully saturated rings. The van der Waals surface area contributed by atoms with Gasteiger partial charge in [0.05, 0.1) is 0 Å². The van der Waals surface area contributed by atoms with Crippen LogP contribution in [0.1, 0.15) is 24.1 Å². The van der Waals surface area contributed by atoms with Crippen molar-refractivity contribution in [2.45, 2.75) is 26.3 Å². The number of aliphatic hydroxyl groups excluding tert-OH is 1. The fraction of sp³-hybridized carbons (Fsp3) is 0.471. The van der Waals surface area contributed by atoms with Crippen LogP contribution in [0.25, 0.3) is 5.82 Å². The molecule has 1 saturated heterocycles. The van der Waals surface area contributed by atoms with Crippen molar-refractivity contribution in [3.05, 3.63) is 47.9 Å². The lowest BCUT2D eigenvalue weighted by Gasteiger charge is -2.31. The average molecular weight is 285 g/mol. The molecule has 2 aromatic heterocycles. The summed E-state index contributed by atoms with van der Waals surface area (Å²) in [6.07, 6.45) is 6.24. The SMILES string of the molecule is Cc1cccnc1-n1cccc1CN1CCC[C@@H](CO)C1. The summed E-state index contributed by atoms with van der Waals surface area (Å²) in [6.45, 7) is 5.41. The third-order valence-electron chi connectivity index (χ3n) is 4.29. The highest BCUT2D eigenvalue weighted by molar-refractivity contribution is 5.35. The van der Waals surface area contributed by atoms with E-state index in [1.807, 2.05) is 12.3 Å². The van der Waals surface area contributed by atoms with Crippen LogP contribution in [-0.4, -0.2) is 39.3 Å². The van der Waals surface area contributed by atoms with Gasteiger partial charge < -0.3 is 9.67 Å². The van der Waals surface area contributed by atoms with Gasteiger partial charge in [-0.05, 0) is 56.0 Å². The molecule has 0 saturated carbocycles. The lowest BCUT2D eigenvalue weighted by Crippen LogP contribution is -2.36. The van der Waals surface area contributed by atoms with Crippen molar-refractivity contribution in [3.63, 3.8) is 0 Å². The van der Waals surface area contributed by atoms with Crippen LogP contribution >= 0.6 is 0 Å². The van der Waals surface area contributed by atoms with Crippen LogP contribution in [-0.2, 0) is 6.54 Å². The van der Waals surface area contributed by atoms with E-state index < -0.39 is 0 Å². The van der Waals surface area contributed by atoms with Gasteiger partial charge in [-0.2, -0.15) is 0 Å². The van der Waals surface area contributed by atoms with Crippen LogP contribution in [0.4, 0.5) is 0 Å². The number of pyridine rings is 1. The molecule has 4 nitrogen and oxygen atoms in total. The Morgan fingerprint density at radius 3 is 3.05 bits per heavy atom. The van der Waals surface area contributed by atoms with Crippen LogP contribution in [0.2, 0.25) is 0 Å². The van der Waals surface area contributed by atoms with E-state index in [-0.39, 0.29) is 0 Å². The van der Waals surface area contributed by atoms with Gasteiger partial charge in [-0.1, -0.05) is 6.07 Å². The zero-order chi connectivity index (χ0) is 14.7. The van der Waals surface area contributed by atoms with Crippen LogP contribution in [0, 0.1) is 12.8 Å². The number of nitrogens with zero attached hydrogens (tertiary/aromatic N) is 3. The summed E-state index contributed by atoms with van der Waals surface area (Å²) in [5.74, 6) is 1.44. The number of aliphatic hydroxyl groups is 1. The van der Waals surface area contributed by atoms with Gasteiger partial charge in [0.2, 0.25) is 0 Å². The summed E-state index contributed by atoms with van der Waals surface area (Å²) in [6, 6.07) is 8.31. The second-order valence-corrected chi connectivity index (χ2v) is 5.94. The molecule has 0 bridgehead atoms. The highest BCUT2D eigenvalue weighted by Gasteiger charge is 2.20. The Hall–Kier alpha value is -1.65. The molecule has 4 heteroatoms. The van der Waals surface area contributed by atoms with E-state index in [4.69, 9.17) is 0 Å². The molecule has 3 rings (SSSR count). The van der Waals surface area contributed by atoms with E-state index >= 15 is 0 Å². The number of piperidine rings is 1. The van der Waals surface area contributed by atoms with E-state index in [1.54, 1.807) is 0 Å². The van der Waals surface area contributed by atoms with Crippen molar-refractivity contribution in [1.82, 2.24) is 14.5 Å². The first-order valence-electron chi connectivity index (χ1n) is 7.69. The fourth-order valence-corrected chi connectivity index (χ4v) is 3.15. The first-order chi connectivity index (χ1) is 10.3. The molecule has 0 radical (unpaired) electrons. The lowest BCUT2D eigenvalue weighted by molar-refractivity contribution is 0.114. The Morgan fingerprint density at radius 1 is 1.33 bits per heavy atom. The molecule has 0 aliphatic carbocycles. The second-order valence-electron chi connectivity index (χ2n) is 5.94. The number of hydrogen-bond donors (Lipinski definition) is 1. The summed E-state index contributed by atoms with van der Waals surface area (Å²) in [7, 11) is 0. The van der Waals surface area contributed by atoms with Crippen LogP contribution in [0.3, 0.4) is 0 Å². The van der Waals surface area contributed by atoms with Crippen molar-refractivity contribution in [1.29, 1.82) is 0 Å². The molecule has 2 aromatic rings. The van der Waals surface area contributed by atoms with Crippen LogP contribution in [0.15, 0.2) is 36.7 Å². The smallest absolute Gasteiger partial charge is 0.139 e. The third-order valence-corrected chi connectivity index (χ3v) is 4.29. The summed E-state index contributed by atoms with van der Waals surface area (Å²) >= 11 is 0. The normalized spacial score (nSPS) is 19.8. The maximum atomic E-state index is 9.36.